The van der Waals surface area contributed by atoms with E-state index < -0.39 is 5.41 Å². The number of hydrogen-bond acceptors (Lipinski definition) is 1. The molecule has 3 aliphatic carbocycles. The van der Waals surface area contributed by atoms with Gasteiger partial charge in [-0.25, -0.2) is 0 Å². The molecule has 1 heteroatoms. The van der Waals surface area contributed by atoms with Crippen molar-refractivity contribution >= 4 is 17.1 Å². The molecule has 68 heavy (non-hydrogen) atoms. The maximum atomic E-state index is 2.62. The Morgan fingerprint density at radius 2 is 0.632 bits per heavy atom. The third kappa shape index (κ3) is 5.51. The van der Waals surface area contributed by atoms with Gasteiger partial charge < -0.3 is 4.90 Å². The summed E-state index contributed by atoms with van der Waals surface area (Å²) in [7, 11) is 0. The van der Waals surface area contributed by atoms with Gasteiger partial charge >= 0.3 is 0 Å². The predicted octanol–water partition coefficient (Wildman–Crippen LogP) is 17.5. The zero-order valence-electron chi connectivity index (χ0n) is 39.0. The lowest BCUT2D eigenvalue weighted by Gasteiger charge is -2.35. The van der Waals surface area contributed by atoms with Gasteiger partial charge in [0.1, 0.15) is 0 Å². The van der Waals surface area contributed by atoms with Crippen LogP contribution in [-0.4, -0.2) is 0 Å². The highest BCUT2D eigenvalue weighted by atomic mass is 15.2. The third-order valence-electron chi connectivity index (χ3n) is 15.8. The van der Waals surface area contributed by atoms with Gasteiger partial charge in [0.25, 0.3) is 0 Å². The molecule has 10 aromatic rings. The SMILES string of the molecule is CC1(C)c2ccccc2-c2c(-c3ccccc3N(c3ccccc3-c3cccc4c3C(C)(C)c3ccccc3-4)c3cccc4c3-c3ccccc3C4(c3ccccc3)c3ccccc3)cccc21. The molecule has 0 amide bonds. The van der Waals surface area contributed by atoms with Crippen LogP contribution in [0.5, 0.6) is 0 Å². The van der Waals surface area contributed by atoms with E-state index in [0.717, 1.165) is 17.1 Å². The summed E-state index contributed by atoms with van der Waals surface area (Å²) in [4.78, 5) is 2.62. The zero-order chi connectivity index (χ0) is 45.8. The van der Waals surface area contributed by atoms with Gasteiger partial charge in [-0.15, -0.1) is 0 Å². The molecular formula is C67H51N. The van der Waals surface area contributed by atoms with Crippen LogP contribution in [-0.2, 0) is 16.2 Å². The number of rotatable bonds is 7. The van der Waals surface area contributed by atoms with Crippen LogP contribution in [0, 0.1) is 0 Å². The van der Waals surface area contributed by atoms with E-state index in [1.165, 1.54) is 100 Å². The summed E-state index contributed by atoms with van der Waals surface area (Å²) in [6, 6.07) is 88.8. The molecule has 13 rings (SSSR count). The molecular weight excluding hydrogens is 819 g/mol. The van der Waals surface area contributed by atoms with Crippen LogP contribution in [0.2, 0.25) is 0 Å². The monoisotopic (exact) mass is 869 g/mol. The van der Waals surface area contributed by atoms with E-state index in [1.54, 1.807) is 0 Å². The molecule has 0 spiro atoms. The van der Waals surface area contributed by atoms with Crippen molar-refractivity contribution in [2.45, 2.75) is 43.9 Å². The van der Waals surface area contributed by atoms with E-state index in [4.69, 9.17) is 0 Å². The second kappa shape index (κ2) is 15.0. The van der Waals surface area contributed by atoms with E-state index in [-0.39, 0.29) is 10.8 Å². The molecule has 0 heterocycles. The van der Waals surface area contributed by atoms with Crippen molar-refractivity contribution in [1.29, 1.82) is 0 Å². The van der Waals surface area contributed by atoms with E-state index in [0.29, 0.717) is 0 Å². The van der Waals surface area contributed by atoms with Crippen molar-refractivity contribution in [3.8, 4) is 55.6 Å². The molecule has 0 N–H and O–H groups in total. The first-order valence-electron chi connectivity index (χ1n) is 24.1. The molecule has 1 nitrogen and oxygen atoms in total. The normalized spacial score (nSPS) is 14.8. The quantitative estimate of drug-likeness (QED) is 0.154. The van der Waals surface area contributed by atoms with Gasteiger partial charge in [0.05, 0.1) is 22.5 Å². The number of anilines is 3. The number of para-hydroxylation sites is 2. The molecule has 3 aliphatic rings. The highest BCUT2D eigenvalue weighted by Gasteiger charge is 2.48. The summed E-state index contributed by atoms with van der Waals surface area (Å²) in [5, 5.41) is 0. The molecule has 0 atom stereocenters. The molecule has 0 aromatic heterocycles. The maximum Gasteiger partial charge on any atom is 0.0714 e. The number of nitrogens with zero attached hydrogens (tertiary/aromatic N) is 1. The van der Waals surface area contributed by atoms with Crippen LogP contribution in [0.1, 0.15) is 72.2 Å². The van der Waals surface area contributed by atoms with Crippen molar-refractivity contribution in [3.05, 3.63) is 281 Å². The van der Waals surface area contributed by atoms with Gasteiger partial charge in [0.2, 0.25) is 0 Å². The lowest BCUT2D eigenvalue weighted by atomic mass is 9.68. The van der Waals surface area contributed by atoms with Crippen LogP contribution < -0.4 is 4.90 Å². The fourth-order valence-corrected chi connectivity index (χ4v) is 12.9. The summed E-state index contributed by atoms with van der Waals surface area (Å²) >= 11 is 0. The summed E-state index contributed by atoms with van der Waals surface area (Å²) in [6.07, 6.45) is 0. The zero-order valence-corrected chi connectivity index (χ0v) is 39.0. The molecule has 10 aromatic carbocycles. The third-order valence-corrected chi connectivity index (χ3v) is 15.8. The minimum Gasteiger partial charge on any atom is -0.309 e. The Morgan fingerprint density at radius 1 is 0.250 bits per heavy atom. The summed E-state index contributed by atoms with van der Waals surface area (Å²) in [5.41, 5.74) is 25.8. The smallest absolute Gasteiger partial charge is 0.0714 e. The second-order valence-corrected chi connectivity index (χ2v) is 19.9. The Morgan fingerprint density at radius 3 is 1.26 bits per heavy atom. The minimum absolute atomic E-state index is 0.136. The van der Waals surface area contributed by atoms with Crippen LogP contribution in [0.25, 0.3) is 55.6 Å². The summed E-state index contributed by atoms with van der Waals surface area (Å²) in [6.45, 7) is 9.56. The van der Waals surface area contributed by atoms with Crippen molar-refractivity contribution < 1.29 is 0 Å². The Balaban J connectivity index is 1.14. The van der Waals surface area contributed by atoms with E-state index >= 15 is 0 Å². The Kier molecular flexibility index (Phi) is 8.89. The van der Waals surface area contributed by atoms with Gasteiger partial charge in [-0.1, -0.05) is 246 Å². The van der Waals surface area contributed by atoms with Crippen molar-refractivity contribution in [1.82, 2.24) is 0 Å². The average Bonchev–Trinajstić information content (AvgIpc) is 3.93. The minimum atomic E-state index is -0.555. The van der Waals surface area contributed by atoms with E-state index in [1.807, 2.05) is 0 Å². The standard InChI is InChI=1S/C67H51N/c1-65(2)55-37-17-12-31-52(55)62-49(33-22-39-57(62)65)47-29-14-19-41-59(47)68(60-42-20-15-30-48(60)51-35-21-34-50-46-28-11-16-36-54(46)66(3,4)64(50)51)61-43-23-40-58-63(61)53-32-13-18-38-56(53)67(58,44-24-7-5-8-25-44)45-26-9-6-10-27-45/h5-43H,1-4H3. The second-order valence-electron chi connectivity index (χ2n) is 19.9. The fraction of sp³-hybridized carbons (Fsp3) is 0.104. The molecule has 0 saturated heterocycles. The predicted molar refractivity (Wildman–Crippen MR) is 284 cm³/mol. The van der Waals surface area contributed by atoms with Crippen LogP contribution in [0.15, 0.2) is 237 Å². The highest BCUT2D eigenvalue weighted by Crippen LogP contribution is 2.62. The van der Waals surface area contributed by atoms with Gasteiger partial charge in [0.15, 0.2) is 0 Å². The van der Waals surface area contributed by atoms with Crippen LogP contribution in [0.4, 0.5) is 17.1 Å². The number of hydrogen-bond donors (Lipinski definition) is 0. The van der Waals surface area contributed by atoms with Crippen molar-refractivity contribution in [3.63, 3.8) is 0 Å². The molecule has 0 fully saturated rings. The largest absolute Gasteiger partial charge is 0.309 e. The van der Waals surface area contributed by atoms with Gasteiger partial charge in [-0.2, -0.15) is 0 Å². The topological polar surface area (TPSA) is 3.24 Å². The summed E-state index contributed by atoms with van der Waals surface area (Å²) in [5.74, 6) is 0. The fourth-order valence-electron chi connectivity index (χ4n) is 12.9. The molecule has 0 radical (unpaired) electrons. The lowest BCUT2D eigenvalue weighted by molar-refractivity contribution is 0.660. The molecule has 324 valence electrons. The number of benzene rings is 10. The first kappa shape index (κ1) is 40.3. The Labute approximate surface area is 400 Å². The average molecular weight is 870 g/mol. The highest BCUT2D eigenvalue weighted by molar-refractivity contribution is 6.05. The Bertz CT molecular complexity index is 3590. The van der Waals surface area contributed by atoms with Crippen molar-refractivity contribution in [2.75, 3.05) is 4.90 Å². The van der Waals surface area contributed by atoms with Gasteiger partial charge in [-0.05, 0) is 102 Å². The van der Waals surface area contributed by atoms with E-state index in [2.05, 4.69) is 269 Å². The van der Waals surface area contributed by atoms with Gasteiger partial charge in [-0.3, -0.25) is 0 Å². The lowest BCUT2D eigenvalue weighted by Crippen LogP contribution is -2.28. The van der Waals surface area contributed by atoms with E-state index in [9.17, 15) is 0 Å². The maximum absolute atomic E-state index is 2.62. The molecule has 0 unspecified atom stereocenters. The van der Waals surface area contributed by atoms with Crippen molar-refractivity contribution in [2.24, 2.45) is 0 Å². The molecule has 0 aliphatic heterocycles. The van der Waals surface area contributed by atoms with Gasteiger partial charge in [0, 0.05) is 27.5 Å². The first-order valence-corrected chi connectivity index (χ1v) is 24.1. The molecule has 0 bridgehead atoms. The van der Waals surface area contributed by atoms with Crippen LogP contribution in [0.3, 0.4) is 0 Å². The first-order chi connectivity index (χ1) is 33.3. The summed E-state index contributed by atoms with van der Waals surface area (Å²) < 4.78 is 0. The van der Waals surface area contributed by atoms with Crippen LogP contribution >= 0.6 is 0 Å². The number of fused-ring (bicyclic) bond motifs is 9. The molecule has 0 saturated carbocycles. The Hall–Kier alpha value is -8.00.